The first-order valence-corrected chi connectivity index (χ1v) is 10.7. The second-order valence-corrected chi connectivity index (χ2v) is 7.82. The van der Waals surface area contributed by atoms with Crippen LogP contribution in [0.3, 0.4) is 0 Å². The van der Waals surface area contributed by atoms with Crippen molar-refractivity contribution < 1.29 is 9.47 Å². The van der Waals surface area contributed by atoms with Crippen LogP contribution in [0.4, 0.5) is 5.69 Å². The number of benzene rings is 1. The van der Waals surface area contributed by atoms with Gasteiger partial charge in [-0.25, -0.2) is 0 Å². The molecular weight excluding hydrogens is 479 g/mol. The fraction of sp³-hybridized carbons (Fsp3) is 0.682. The van der Waals surface area contributed by atoms with Crippen molar-refractivity contribution in [3.8, 4) is 0 Å². The highest BCUT2D eigenvalue weighted by Gasteiger charge is 2.14. The number of hydrogen-bond donors (Lipinski definition) is 2. The number of halogens is 1. The molecule has 2 N–H and O–H groups in total. The van der Waals surface area contributed by atoms with Gasteiger partial charge in [0.25, 0.3) is 0 Å². The quantitative estimate of drug-likeness (QED) is 0.241. The Labute approximate surface area is 192 Å². The number of guanidine groups is 1. The molecule has 0 aliphatic carbocycles. The lowest BCUT2D eigenvalue weighted by Crippen LogP contribution is -2.37. The molecule has 0 atom stereocenters. The third-order valence-electron chi connectivity index (χ3n) is 5.63. The van der Waals surface area contributed by atoms with Crippen molar-refractivity contribution >= 4 is 35.6 Å². The Kier molecular flexibility index (Phi) is 11.1. The molecule has 2 heterocycles. The predicted molar refractivity (Wildman–Crippen MR) is 131 cm³/mol. The predicted octanol–water partition coefficient (Wildman–Crippen LogP) is 3.19. The van der Waals surface area contributed by atoms with Crippen LogP contribution in [0.2, 0.25) is 0 Å². The van der Waals surface area contributed by atoms with Crippen molar-refractivity contribution in [3.63, 3.8) is 0 Å². The monoisotopic (exact) mass is 516 g/mol. The molecule has 0 saturated carbocycles. The number of anilines is 1. The van der Waals surface area contributed by atoms with Crippen molar-refractivity contribution in [1.82, 2.24) is 10.6 Å². The molecule has 2 aliphatic rings. The molecule has 6 nitrogen and oxygen atoms in total. The van der Waals surface area contributed by atoms with E-state index >= 15 is 0 Å². The Bertz CT molecular complexity index is 635. The van der Waals surface area contributed by atoms with Gasteiger partial charge < -0.3 is 25.0 Å². The van der Waals surface area contributed by atoms with Crippen molar-refractivity contribution in [1.29, 1.82) is 0 Å². The SMILES string of the molecule is CN=C(NCCCOCC1CCOCC1)NCc1ccc2c(c1)CCCN2C.I. The molecule has 3 rings (SSSR count). The molecule has 0 aromatic heterocycles. The fourth-order valence-electron chi connectivity index (χ4n) is 3.90. The van der Waals surface area contributed by atoms with E-state index in [0.29, 0.717) is 5.92 Å². The number of aliphatic imine (C=N–C) groups is 1. The summed E-state index contributed by atoms with van der Waals surface area (Å²) in [4.78, 5) is 6.67. The maximum Gasteiger partial charge on any atom is 0.191 e. The molecule has 1 fully saturated rings. The van der Waals surface area contributed by atoms with Crippen molar-refractivity contribution in [2.24, 2.45) is 10.9 Å². The number of rotatable bonds is 8. The van der Waals surface area contributed by atoms with Crippen molar-refractivity contribution in [2.45, 2.75) is 38.6 Å². The van der Waals surface area contributed by atoms with Crippen LogP contribution in [0.1, 0.15) is 36.8 Å². The standard InChI is InChI=1S/C22H36N4O2.HI/c1-23-22(24-10-4-12-28-17-18-8-13-27-14-9-18)25-16-19-6-7-21-20(15-19)5-3-11-26(21)2;/h6-7,15,18H,3-5,8-14,16-17H2,1-2H3,(H2,23,24,25);1H. The van der Waals surface area contributed by atoms with E-state index in [0.717, 1.165) is 71.3 Å². The molecular formula is C22H37IN4O2. The number of aryl methyl sites for hydroxylation is 1. The van der Waals surface area contributed by atoms with Crippen LogP contribution in [0, 0.1) is 5.92 Å². The molecule has 0 unspecified atom stereocenters. The summed E-state index contributed by atoms with van der Waals surface area (Å²) in [6.07, 6.45) is 5.66. The number of hydrogen-bond acceptors (Lipinski definition) is 4. The molecule has 1 aromatic rings. The highest BCUT2D eigenvalue weighted by atomic mass is 127. The third kappa shape index (κ3) is 7.94. The van der Waals surface area contributed by atoms with E-state index < -0.39 is 0 Å². The second-order valence-electron chi connectivity index (χ2n) is 7.82. The Balaban J connectivity index is 0.00000300. The molecule has 0 amide bonds. The highest BCUT2D eigenvalue weighted by Crippen LogP contribution is 2.26. The van der Waals surface area contributed by atoms with E-state index in [1.54, 1.807) is 0 Å². The summed E-state index contributed by atoms with van der Waals surface area (Å²) in [6, 6.07) is 6.79. The molecule has 1 saturated heterocycles. The Morgan fingerprint density at radius 3 is 2.90 bits per heavy atom. The van der Waals surface area contributed by atoms with E-state index in [1.807, 2.05) is 7.05 Å². The first-order valence-electron chi connectivity index (χ1n) is 10.7. The van der Waals surface area contributed by atoms with E-state index in [2.05, 4.69) is 45.8 Å². The Morgan fingerprint density at radius 2 is 2.10 bits per heavy atom. The molecule has 0 bridgehead atoms. The third-order valence-corrected chi connectivity index (χ3v) is 5.63. The van der Waals surface area contributed by atoms with Crippen molar-refractivity contribution in [2.75, 3.05) is 58.5 Å². The van der Waals surface area contributed by atoms with Gasteiger partial charge >= 0.3 is 0 Å². The van der Waals surface area contributed by atoms with Crippen LogP contribution in [0.15, 0.2) is 23.2 Å². The molecule has 1 aromatic carbocycles. The molecule has 7 heteroatoms. The van der Waals surface area contributed by atoms with Gasteiger partial charge in [0.2, 0.25) is 0 Å². The lowest BCUT2D eigenvalue weighted by Gasteiger charge is -2.28. The summed E-state index contributed by atoms with van der Waals surface area (Å²) >= 11 is 0. The minimum Gasteiger partial charge on any atom is -0.381 e. The van der Waals surface area contributed by atoms with Crippen LogP contribution >= 0.6 is 24.0 Å². The van der Waals surface area contributed by atoms with Crippen molar-refractivity contribution in [3.05, 3.63) is 29.3 Å². The van der Waals surface area contributed by atoms with E-state index in [1.165, 1.54) is 29.7 Å². The Morgan fingerprint density at radius 1 is 1.28 bits per heavy atom. The van der Waals surface area contributed by atoms with Gasteiger partial charge in [-0.2, -0.15) is 0 Å². The fourth-order valence-corrected chi connectivity index (χ4v) is 3.90. The number of nitrogens with zero attached hydrogens (tertiary/aromatic N) is 2. The summed E-state index contributed by atoms with van der Waals surface area (Å²) in [5.74, 6) is 1.52. The lowest BCUT2D eigenvalue weighted by atomic mass is 9.99. The maximum absolute atomic E-state index is 5.82. The van der Waals surface area contributed by atoms with Gasteiger partial charge in [0.05, 0.1) is 0 Å². The molecule has 164 valence electrons. The average molecular weight is 516 g/mol. The second kappa shape index (κ2) is 13.3. The van der Waals surface area contributed by atoms with Gasteiger partial charge in [-0.15, -0.1) is 24.0 Å². The average Bonchev–Trinajstić information content (AvgIpc) is 2.73. The summed E-state index contributed by atoms with van der Waals surface area (Å²) in [5, 5.41) is 6.80. The lowest BCUT2D eigenvalue weighted by molar-refractivity contribution is 0.0203. The summed E-state index contributed by atoms with van der Waals surface area (Å²) in [5.41, 5.74) is 4.13. The topological polar surface area (TPSA) is 58.1 Å². The highest BCUT2D eigenvalue weighted by molar-refractivity contribution is 14.0. The molecule has 2 aliphatic heterocycles. The van der Waals surface area contributed by atoms with Crippen LogP contribution in [-0.4, -0.2) is 59.6 Å². The Hall–Kier alpha value is -1.06. The minimum atomic E-state index is 0. The van der Waals surface area contributed by atoms with Crippen LogP contribution in [0.5, 0.6) is 0 Å². The zero-order chi connectivity index (χ0) is 19.6. The van der Waals surface area contributed by atoms with E-state index in [-0.39, 0.29) is 24.0 Å². The summed E-state index contributed by atoms with van der Waals surface area (Å²) < 4.78 is 11.2. The molecule has 0 radical (unpaired) electrons. The van der Waals surface area contributed by atoms with Gasteiger partial charge in [0, 0.05) is 65.8 Å². The van der Waals surface area contributed by atoms with Gasteiger partial charge in [-0.3, -0.25) is 4.99 Å². The van der Waals surface area contributed by atoms with Gasteiger partial charge in [0.15, 0.2) is 5.96 Å². The summed E-state index contributed by atoms with van der Waals surface area (Å²) in [7, 11) is 3.99. The van der Waals surface area contributed by atoms with Gasteiger partial charge in [0.1, 0.15) is 0 Å². The van der Waals surface area contributed by atoms with Crippen LogP contribution < -0.4 is 15.5 Å². The first kappa shape index (κ1) is 24.2. The maximum atomic E-state index is 5.82. The number of fused-ring (bicyclic) bond motifs is 1. The smallest absolute Gasteiger partial charge is 0.191 e. The van der Waals surface area contributed by atoms with Crippen LogP contribution in [-0.2, 0) is 22.4 Å². The van der Waals surface area contributed by atoms with E-state index in [4.69, 9.17) is 9.47 Å². The molecule has 0 spiro atoms. The summed E-state index contributed by atoms with van der Waals surface area (Å²) in [6.45, 7) is 6.24. The first-order chi connectivity index (χ1) is 13.8. The minimum absolute atomic E-state index is 0. The van der Waals surface area contributed by atoms with Gasteiger partial charge in [-0.1, -0.05) is 12.1 Å². The normalized spacial score (nSPS) is 17.4. The zero-order valence-corrected chi connectivity index (χ0v) is 20.2. The largest absolute Gasteiger partial charge is 0.381 e. The zero-order valence-electron chi connectivity index (χ0n) is 17.9. The molecule has 29 heavy (non-hydrogen) atoms. The van der Waals surface area contributed by atoms with Gasteiger partial charge in [-0.05, 0) is 55.2 Å². The number of ether oxygens (including phenoxy) is 2. The number of nitrogens with one attached hydrogen (secondary N) is 2. The van der Waals surface area contributed by atoms with Crippen LogP contribution in [0.25, 0.3) is 0 Å². The van der Waals surface area contributed by atoms with E-state index in [9.17, 15) is 0 Å².